The number of sulfonamides is 1. The number of nitrogens with one attached hydrogen (secondary N) is 1. The van der Waals surface area contributed by atoms with Crippen LogP contribution >= 0.6 is 11.6 Å². The van der Waals surface area contributed by atoms with Crippen molar-refractivity contribution in [1.82, 2.24) is 10.1 Å². The monoisotopic (exact) mass is 483 g/mol. The lowest BCUT2D eigenvalue weighted by Crippen LogP contribution is -2.20. The molecule has 0 saturated carbocycles. The highest BCUT2D eigenvalue weighted by Crippen LogP contribution is 2.33. The third kappa shape index (κ3) is 4.48. The van der Waals surface area contributed by atoms with Crippen molar-refractivity contribution in [3.05, 3.63) is 58.1 Å². The second-order valence-electron chi connectivity index (χ2n) is 5.95. The van der Waals surface area contributed by atoms with E-state index in [-0.39, 0.29) is 41.0 Å². The third-order valence-electron chi connectivity index (χ3n) is 3.89. The molecule has 7 nitrogen and oxygen atoms in total. The van der Waals surface area contributed by atoms with Crippen LogP contribution in [0.4, 0.5) is 27.6 Å². The molecule has 0 saturated heterocycles. The Bertz CT molecular complexity index is 1220. The van der Waals surface area contributed by atoms with Crippen molar-refractivity contribution in [1.29, 1.82) is 0 Å². The molecule has 2 aromatic carbocycles. The zero-order valence-corrected chi connectivity index (χ0v) is 16.9. The summed E-state index contributed by atoms with van der Waals surface area (Å²) in [4.78, 5) is 1.98. The zero-order chi connectivity index (χ0) is 22.9. The number of benzene rings is 2. The number of hydrogen-bond acceptors (Lipinski definition) is 6. The van der Waals surface area contributed by atoms with Crippen molar-refractivity contribution in [3.8, 4) is 11.5 Å². The van der Waals surface area contributed by atoms with Gasteiger partial charge in [-0.1, -0.05) is 16.8 Å². The number of nitrogens with zero attached hydrogens (tertiary/aromatic N) is 2. The molecular formula is C17H11ClF5N3O4S. The van der Waals surface area contributed by atoms with E-state index in [9.17, 15) is 30.4 Å². The number of methoxy groups -OCH3 is 1. The van der Waals surface area contributed by atoms with E-state index in [1.807, 2.05) is 0 Å². The molecular weight excluding hydrogens is 473 g/mol. The van der Waals surface area contributed by atoms with E-state index in [0.717, 1.165) is 6.07 Å². The quantitative estimate of drug-likeness (QED) is 0.309. The van der Waals surface area contributed by atoms with Gasteiger partial charge in [-0.2, -0.15) is 4.98 Å². The van der Waals surface area contributed by atoms with Crippen LogP contribution in [0.2, 0.25) is 5.02 Å². The highest BCUT2D eigenvalue weighted by Gasteiger charge is 2.34. The minimum Gasteiger partial charge on any atom is -0.384 e. The second-order valence-corrected chi connectivity index (χ2v) is 8.01. The minimum atomic E-state index is -5.29. The summed E-state index contributed by atoms with van der Waals surface area (Å²) in [6.07, 6.45) is 0.256. The van der Waals surface area contributed by atoms with Gasteiger partial charge in [-0.25, -0.2) is 30.4 Å². The first-order valence-electron chi connectivity index (χ1n) is 8.22. The predicted octanol–water partition coefficient (Wildman–Crippen LogP) is 4.08. The molecule has 166 valence electrons. The number of halogens is 6. The van der Waals surface area contributed by atoms with Crippen LogP contribution in [0.1, 0.15) is 5.82 Å². The van der Waals surface area contributed by atoms with Crippen molar-refractivity contribution < 1.29 is 39.6 Å². The van der Waals surface area contributed by atoms with Crippen LogP contribution in [-0.4, -0.2) is 32.3 Å². The van der Waals surface area contributed by atoms with Crippen molar-refractivity contribution >= 4 is 27.3 Å². The van der Waals surface area contributed by atoms with Crippen LogP contribution in [0.3, 0.4) is 0 Å². The van der Waals surface area contributed by atoms with Gasteiger partial charge < -0.3 is 9.26 Å². The van der Waals surface area contributed by atoms with Gasteiger partial charge in [-0.15, -0.1) is 0 Å². The average molecular weight is 484 g/mol. The van der Waals surface area contributed by atoms with E-state index in [0.29, 0.717) is 0 Å². The molecule has 0 spiro atoms. The molecule has 0 unspecified atom stereocenters. The molecule has 1 heterocycles. The van der Waals surface area contributed by atoms with Gasteiger partial charge in [0.05, 0.1) is 17.9 Å². The molecule has 0 radical (unpaired) electrons. The number of hydrogen-bond donors (Lipinski definition) is 1. The van der Waals surface area contributed by atoms with Crippen LogP contribution in [0.25, 0.3) is 11.5 Å². The third-order valence-corrected chi connectivity index (χ3v) is 5.51. The Hall–Kier alpha value is -2.77. The largest absolute Gasteiger partial charge is 0.384 e. The number of anilines is 1. The van der Waals surface area contributed by atoms with Crippen LogP contribution in [0, 0.1) is 29.1 Å². The van der Waals surface area contributed by atoms with E-state index in [4.69, 9.17) is 20.9 Å². The van der Waals surface area contributed by atoms with Gasteiger partial charge >= 0.3 is 0 Å². The normalized spacial score (nSPS) is 11.7. The highest BCUT2D eigenvalue weighted by molar-refractivity contribution is 7.92. The average Bonchev–Trinajstić information content (AvgIpc) is 3.19. The second kappa shape index (κ2) is 8.77. The molecule has 0 aliphatic rings. The summed E-state index contributed by atoms with van der Waals surface area (Å²) in [6, 6.07) is 3.50. The van der Waals surface area contributed by atoms with Gasteiger partial charge in [0.15, 0.2) is 34.0 Å². The van der Waals surface area contributed by atoms with Crippen LogP contribution < -0.4 is 4.72 Å². The summed E-state index contributed by atoms with van der Waals surface area (Å²) in [5.74, 6) is -12.4. The first kappa shape index (κ1) is 22.9. The number of aromatic nitrogens is 2. The molecule has 3 aromatic rings. The fourth-order valence-corrected chi connectivity index (χ4v) is 3.85. The summed E-state index contributed by atoms with van der Waals surface area (Å²) >= 11 is 5.91. The Labute approximate surface area is 176 Å². The maximum absolute atomic E-state index is 14.0. The molecule has 0 aliphatic carbocycles. The van der Waals surface area contributed by atoms with Gasteiger partial charge in [0.1, 0.15) is 0 Å². The summed E-state index contributed by atoms with van der Waals surface area (Å²) in [5, 5.41) is 3.77. The number of ether oxygens (including phenoxy) is 1. The summed E-state index contributed by atoms with van der Waals surface area (Å²) < 4.78 is 105. The molecule has 0 bridgehead atoms. The summed E-state index contributed by atoms with van der Waals surface area (Å²) in [5.41, 5.74) is -0.466. The molecule has 0 fully saturated rings. The molecule has 3 rings (SSSR count). The Morgan fingerprint density at radius 1 is 1.06 bits per heavy atom. The van der Waals surface area contributed by atoms with Gasteiger partial charge in [0.2, 0.25) is 5.82 Å². The van der Waals surface area contributed by atoms with Crippen molar-refractivity contribution in [2.45, 2.75) is 11.3 Å². The van der Waals surface area contributed by atoms with E-state index >= 15 is 0 Å². The van der Waals surface area contributed by atoms with E-state index in [2.05, 4.69) is 10.1 Å². The Kier molecular flexibility index (Phi) is 6.48. The molecule has 1 aromatic heterocycles. The fourth-order valence-electron chi connectivity index (χ4n) is 2.46. The van der Waals surface area contributed by atoms with Gasteiger partial charge in [0.25, 0.3) is 15.9 Å². The van der Waals surface area contributed by atoms with E-state index < -0.39 is 44.0 Å². The molecule has 1 N–H and O–H groups in total. The fraction of sp³-hybridized carbons (Fsp3) is 0.176. The molecule has 0 amide bonds. The van der Waals surface area contributed by atoms with Gasteiger partial charge in [0, 0.05) is 18.6 Å². The Balaban J connectivity index is 2.07. The van der Waals surface area contributed by atoms with Crippen molar-refractivity contribution in [2.24, 2.45) is 0 Å². The van der Waals surface area contributed by atoms with Gasteiger partial charge in [-0.05, 0) is 18.2 Å². The Morgan fingerprint density at radius 3 is 2.29 bits per heavy atom. The zero-order valence-electron chi connectivity index (χ0n) is 15.3. The predicted molar refractivity (Wildman–Crippen MR) is 97.4 cm³/mol. The van der Waals surface area contributed by atoms with Crippen molar-refractivity contribution in [2.75, 3.05) is 18.4 Å². The number of rotatable bonds is 7. The minimum absolute atomic E-state index is 0.101. The van der Waals surface area contributed by atoms with Crippen LogP contribution in [-0.2, 0) is 21.2 Å². The molecule has 0 aliphatic heterocycles. The maximum Gasteiger partial charge on any atom is 0.268 e. The summed E-state index contributed by atoms with van der Waals surface area (Å²) in [6.45, 7) is 0.258. The molecule has 31 heavy (non-hydrogen) atoms. The smallest absolute Gasteiger partial charge is 0.268 e. The lowest BCUT2D eigenvalue weighted by Gasteiger charge is -2.13. The maximum atomic E-state index is 14.0. The van der Waals surface area contributed by atoms with E-state index in [1.165, 1.54) is 19.2 Å². The van der Waals surface area contributed by atoms with Crippen LogP contribution in [0.5, 0.6) is 0 Å². The SMILES string of the molecule is COCCc1noc(-c2cc(Cl)ccc2NS(=O)(=O)c2c(F)c(F)c(F)c(F)c2F)n1. The Morgan fingerprint density at radius 2 is 1.68 bits per heavy atom. The lowest BCUT2D eigenvalue weighted by atomic mass is 10.2. The summed E-state index contributed by atoms with van der Waals surface area (Å²) in [7, 11) is -3.84. The van der Waals surface area contributed by atoms with Crippen molar-refractivity contribution in [3.63, 3.8) is 0 Å². The topological polar surface area (TPSA) is 94.3 Å². The van der Waals surface area contributed by atoms with Gasteiger partial charge in [-0.3, -0.25) is 4.72 Å². The molecule has 14 heteroatoms. The first-order valence-corrected chi connectivity index (χ1v) is 10.1. The first-order chi connectivity index (χ1) is 14.6. The molecule has 0 atom stereocenters. The van der Waals surface area contributed by atoms with E-state index in [1.54, 1.807) is 4.72 Å². The lowest BCUT2D eigenvalue weighted by molar-refractivity contribution is 0.199. The van der Waals surface area contributed by atoms with Crippen LogP contribution in [0.15, 0.2) is 27.6 Å². The highest BCUT2D eigenvalue weighted by atomic mass is 35.5. The standard InChI is InChI=1S/C17H11ClF5N3O4S/c1-29-5-4-10-24-17(30-25-10)8-6-7(18)2-3-9(8)26-31(27,28)16-14(22)12(20)11(19)13(21)15(16)23/h2-3,6,26H,4-5H2,1H3.